The lowest BCUT2D eigenvalue weighted by atomic mass is 10.1. The van der Waals surface area contributed by atoms with E-state index in [2.05, 4.69) is 5.43 Å². The fourth-order valence-electron chi connectivity index (χ4n) is 2.40. The average molecular weight is 361 g/mol. The molecule has 1 N–H and O–H groups in total. The topological polar surface area (TPSA) is 49.4 Å². The van der Waals surface area contributed by atoms with Crippen LogP contribution in [0.15, 0.2) is 42.0 Å². The zero-order chi connectivity index (χ0) is 17.4. The third kappa shape index (κ3) is 2.90. The Bertz CT molecular complexity index is 870. The highest BCUT2D eigenvalue weighted by atomic mass is 35.5. The number of rotatable bonds is 2. The molecular formula is C18H14Cl2N2O2. The molecule has 0 aliphatic carbocycles. The van der Waals surface area contributed by atoms with Crippen molar-refractivity contribution in [1.82, 2.24) is 5.43 Å². The van der Waals surface area contributed by atoms with Gasteiger partial charge >= 0.3 is 0 Å². The highest BCUT2D eigenvalue weighted by molar-refractivity contribution is 6.38. The maximum absolute atomic E-state index is 12.6. The van der Waals surface area contributed by atoms with Crippen molar-refractivity contribution in [2.24, 2.45) is 0 Å². The third-order valence-corrected chi connectivity index (χ3v) is 4.59. The van der Waals surface area contributed by atoms with E-state index < -0.39 is 11.8 Å². The number of hydrogen-bond acceptors (Lipinski definition) is 2. The molecule has 1 aliphatic rings. The minimum atomic E-state index is -0.491. The van der Waals surface area contributed by atoms with E-state index in [1.165, 1.54) is 11.1 Å². The largest absolute Gasteiger partial charge is 0.282 e. The van der Waals surface area contributed by atoms with Gasteiger partial charge in [0.05, 0.1) is 5.69 Å². The van der Waals surface area contributed by atoms with Crippen molar-refractivity contribution in [1.29, 1.82) is 0 Å². The van der Waals surface area contributed by atoms with E-state index in [1.807, 2.05) is 26.0 Å². The number of halogens is 2. The molecule has 0 bridgehead atoms. The average Bonchev–Trinajstić information content (AvgIpc) is 2.81. The molecule has 0 aromatic heterocycles. The normalized spacial score (nSPS) is 16.0. The number of hydrogen-bond donors (Lipinski definition) is 1. The Hall–Kier alpha value is -2.30. The van der Waals surface area contributed by atoms with Gasteiger partial charge in [0.2, 0.25) is 0 Å². The zero-order valence-electron chi connectivity index (χ0n) is 13.1. The molecule has 1 aliphatic heterocycles. The minimum Gasteiger partial charge on any atom is -0.267 e. The van der Waals surface area contributed by atoms with Crippen LogP contribution in [0.1, 0.15) is 16.7 Å². The highest BCUT2D eigenvalue weighted by Gasteiger charge is 2.34. The molecule has 0 saturated carbocycles. The Morgan fingerprint density at radius 2 is 1.67 bits per heavy atom. The van der Waals surface area contributed by atoms with Gasteiger partial charge in [0, 0.05) is 15.6 Å². The van der Waals surface area contributed by atoms with Gasteiger partial charge in [-0.25, -0.2) is 5.01 Å². The molecule has 2 aromatic rings. The van der Waals surface area contributed by atoms with Crippen molar-refractivity contribution >= 4 is 46.8 Å². The summed E-state index contributed by atoms with van der Waals surface area (Å²) in [6.07, 6.45) is 1.42. The first-order valence-electron chi connectivity index (χ1n) is 7.27. The molecule has 24 heavy (non-hydrogen) atoms. The van der Waals surface area contributed by atoms with Crippen LogP contribution in [0.25, 0.3) is 6.08 Å². The van der Waals surface area contributed by atoms with Crippen LogP contribution in [0.5, 0.6) is 0 Å². The molecule has 2 aromatic carbocycles. The van der Waals surface area contributed by atoms with Gasteiger partial charge in [-0.05, 0) is 55.3 Å². The molecular weight excluding hydrogens is 347 g/mol. The smallest absolute Gasteiger partial charge is 0.267 e. The summed E-state index contributed by atoms with van der Waals surface area (Å²) < 4.78 is 0. The lowest BCUT2D eigenvalue weighted by Gasteiger charge is -2.16. The SMILES string of the molecule is Cc1ccc(N2NC(=O)/C(=C\c3c(Cl)cccc3Cl)C2=O)cc1C. The molecule has 0 spiro atoms. The molecule has 1 heterocycles. The molecule has 1 saturated heterocycles. The Morgan fingerprint density at radius 3 is 2.29 bits per heavy atom. The quantitative estimate of drug-likeness (QED) is 0.648. The number of carbonyl (C=O) groups excluding carboxylic acids is 2. The second-order valence-corrected chi connectivity index (χ2v) is 6.36. The van der Waals surface area contributed by atoms with Gasteiger partial charge in [-0.15, -0.1) is 0 Å². The highest BCUT2D eigenvalue weighted by Crippen LogP contribution is 2.29. The van der Waals surface area contributed by atoms with Crippen LogP contribution < -0.4 is 10.4 Å². The van der Waals surface area contributed by atoms with Crippen molar-refractivity contribution in [3.05, 3.63) is 68.7 Å². The molecule has 6 heteroatoms. The Balaban J connectivity index is 2.00. The maximum Gasteiger partial charge on any atom is 0.282 e. The van der Waals surface area contributed by atoms with Gasteiger partial charge in [0.1, 0.15) is 5.57 Å². The van der Waals surface area contributed by atoms with Crippen molar-refractivity contribution < 1.29 is 9.59 Å². The van der Waals surface area contributed by atoms with Crippen LogP contribution >= 0.6 is 23.2 Å². The summed E-state index contributed by atoms with van der Waals surface area (Å²) in [7, 11) is 0. The van der Waals surface area contributed by atoms with E-state index >= 15 is 0 Å². The fourth-order valence-corrected chi connectivity index (χ4v) is 2.90. The number of anilines is 1. The Morgan fingerprint density at radius 1 is 1.00 bits per heavy atom. The first-order chi connectivity index (χ1) is 11.4. The Labute approximate surface area is 149 Å². The number of benzene rings is 2. The molecule has 4 nitrogen and oxygen atoms in total. The van der Waals surface area contributed by atoms with Gasteiger partial charge in [0.15, 0.2) is 0 Å². The lowest BCUT2D eigenvalue weighted by Crippen LogP contribution is -2.35. The van der Waals surface area contributed by atoms with Crippen LogP contribution in [0, 0.1) is 13.8 Å². The van der Waals surface area contributed by atoms with Crippen molar-refractivity contribution in [2.45, 2.75) is 13.8 Å². The lowest BCUT2D eigenvalue weighted by molar-refractivity contribution is -0.117. The van der Waals surface area contributed by atoms with Crippen molar-refractivity contribution in [2.75, 3.05) is 5.01 Å². The van der Waals surface area contributed by atoms with Crippen LogP contribution in [0.3, 0.4) is 0 Å². The Kier molecular flexibility index (Phi) is 4.35. The summed E-state index contributed by atoms with van der Waals surface area (Å²) in [5.41, 5.74) is 5.74. The van der Waals surface area contributed by atoms with E-state index in [-0.39, 0.29) is 5.57 Å². The van der Waals surface area contributed by atoms with Crippen molar-refractivity contribution in [3.8, 4) is 0 Å². The van der Waals surface area contributed by atoms with E-state index in [4.69, 9.17) is 23.2 Å². The van der Waals surface area contributed by atoms with E-state index in [9.17, 15) is 9.59 Å². The van der Waals surface area contributed by atoms with E-state index in [1.54, 1.807) is 24.3 Å². The first kappa shape index (κ1) is 16.6. The number of nitrogens with zero attached hydrogens (tertiary/aromatic N) is 1. The maximum atomic E-state index is 12.6. The number of amides is 2. The first-order valence-corrected chi connectivity index (χ1v) is 8.02. The molecule has 122 valence electrons. The van der Waals surface area contributed by atoms with Gasteiger partial charge in [-0.1, -0.05) is 35.3 Å². The van der Waals surface area contributed by atoms with Crippen LogP contribution in [0.4, 0.5) is 5.69 Å². The second kappa shape index (κ2) is 6.30. The summed E-state index contributed by atoms with van der Waals surface area (Å²) in [5, 5.41) is 1.98. The summed E-state index contributed by atoms with van der Waals surface area (Å²) in [4.78, 5) is 24.8. The second-order valence-electron chi connectivity index (χ2n) is 5.54. The number of aryl methyl sites for hydroxylation is 2. The summed E-state index contributed by atoms with van der Waals surface area (Å²) in [6.45, 7) is 3.93. The molecule has 2 amide bonds. The van der Waals surface area contributed by atoms with E-state index in [0.717, 1.165) is 11.1 Å². The predicted octanol–water partition coefficient (Wildman–Crippen LogP) is 4.07. The van der Waals surface area contributed by atoms with Crippen LogP contribution in [-0.4, -0.2) is 11.8 Å². The summed E-state index contributed by atoms with van der Waals surface area (Å²) in [5.74, 6) is -0.937. The predicted molar refractivity (Wildman–Crippen MR) is 96.0 cm³/mol. The standard InChI is InChI=1S/C18H14Cl2N2O2/c1-10-6-7-12(8-11(10)2)22-18(24)14(17(23)21-22)9-13-15(19)4-3-5-16(13)20/h3-9H,1-2H3,(H,21,23)/b14-9+. The minimum absolute atomic E-state index is 0.0109. The van der Waals surface area contributed by atoms with E-state index in [0.29, 0.717) is 21.3 Å². The molecule has 0 unspecified atom stereocenters. The summed E-state index contributed by atoms with van der Waals surface area (Å²) >= 11 is 12.2. The summed E-state index contributed by atoms with van der Waals surface area (Å²) in [6, 6.07) is 10.5. The van der Waals surface area contributed by atoms with Gasteiger partial charge in [-0.2, -0.15) is 0 Å². The van der Waals surface area contributed by atoms with Crippen LogP contribution in [0.2, 0.25) is 10.0 Å². The van der Waals surface area contributed by atoms with Gasteiger partial charge < -0.3 is 0 Å². The van der Waals surface area contributed by atoms with Gasteiger partial charge in [-0.3, -0.25) is 15.0 Å². The molecule has 1 fully saturated rings. The molecule has 3 rings (SSSR count). The monoisotopic (exact) mass is 360 g/mol. The molecule has 0 atom stereocenters. The number of carbonyl (C=O) groups is 2. The van der Waals surface area contributed by atoms with Crippen LogP contribution in [-0.2, 0) is 9.59 Å². The fraction of sp³-hybridized carbons (Fsp3) is 0.111. The zero-order valence-corrected chi connectivity index (χ0v) is 14.6. The number of nitrogens with one attached hydrogen (secondary N) is 1. The molecule has 0 radical (unpaired) electrons. The van der Waals surface area contributed by atoms with Crippen molar-refractivity contribution in [3.63, 3.8) is 0 Å². The third-order valence-electron chi connectivity index (χ3n) is 3.93. The van der Waals surface area contributed by atoms with Gasteiger partial charge in [0.25, 0.3) is 11.8 Å². The number of hydrazine groups is 1.